The van der Waals surface area contributed by atoms with Crippen molar-refractivity contribution < 1.29 is 18.0 Å². The second-order valence-electron chi connectivity index (χ2n) is 4.18. The summed E-state index contributed by atoms with van der Waals surface area (Å²) < 4.78 is 35.9. The third kappa shape index (κ3) is 6.67. The standard InChI is InChI=1S/C12H17F3N4OS/c1-2-3-9-6-8(7-10(18-9)19-16)11(20)17-4-5-21-12(13,14)15/h6-7H,2-5,16H2,1H3,(H,17,20)(H,18,19). The van der Waals surface area contributed by atoms with Crippen molar-refractivity contribution in [2.75, 3.05) is 17.7 Å². The summed E-state index contributed by atoms with van der Waals surface area (Å²) in [5.41, 5.74) is -0.906. The predicted molar refractivity (Wildman–Crippen MR) is 76.9 cm³/mol. The second kappa shape index (κ2) is 8.08. The number of nitrogens with zero attached hydrogens (tertiary/aromatic N) is 1. The van der Waals surface area contributed by atoms with Gasteiger partial charge in [0.25, 0.3) is 5.91 Å². The molecule has 0 aliphatic rings. The Morgan fingerprint density at radius 3 is 2.71 bits per heavy atom. The number of hydrazine groups is 1. The molecule has 0 aliphatic heterocycles. The maximum Gasteiger partial charge on any atom is 0.441 e. The smallest absolute Gasteiger partial charge is 0.351 e. The molecule has 0 saturated heterocycles. The molecule has 5 nitrogen and oxygen atoms in total. The first-order chi connectivity index (χ1) is 9.85. The predicted octanol–water partition coefficient (Wildman–Crippen LogP) is 2.30. The molecule has 0 fully saturated rings. The van der Waals surface area contributed by atoms with Crippen LogP contribution in [0, 0.1) is 0 Å². The highest BCUT2D eigenvalue weighted by Gasteiger charge is 2.27. The van der Waals surface area contributed by atoms with E-state index in [1.165, 1.54) is 6.07 Å². The molecule has 0 aliphatic carbocycles. The Balaban J connectivity index is 2.62. The van der Waals surface area contributed by atoms with E-state index in [4.69, 9.17) is 5.84 Å². The van der Waals surface area contributed by atoms with Crippen LogP contribution in [0.2, 0.25) is 0 Å². The van der Waals surface area contributed by atoms with Gasteiger partial charge in [-0.1, -0.05) is 13.3 Å². The number of thioether (sulfide) groups is 1. The maximum absolute atomic E-state index is 12.0. The van der Waals surface area contributed by atoms with Gasteiger partial charge in [0.15, 0.2) is 0 Å². The highest BCUT2D eigenvalue weighted by Crippen LogP contribution is 2.29. The fourth-order valence-electron chi connectivity index (χ4n) is 1.61. The number of aryl methyl sites for hydroxylation is 1. The molecule has 9 heteroatoms. The lowest BCUT2D eigenvalue weighted by Gasteiger charge is -2.09. The quantitative estimate of drug-likeness (QED) is 0.408. The van der Waals surface area contributed by atoms with Gasteiger partial charge in [0, 0.05) is 23.6 Å². The van der Waals surface area contributed by atoms with Gasteiger partial charge in [-0.3, -0.25) is 4.79 Å². The zero-order valence-corrected chi connectivity index (χ0v) is 12.3. The minimum absolute atomic E-state index is 0.0696. The summed E-state index contributed by atoms with van der Waals surface area (Å²) in [7, 11) is 0. The Labute approximate surface area is 124 Å². The van der Waals surface area contributed by atoms with Crippen LogP contribution in [0.1, 0.15) is 29.4 Å². The van der Waals surface area contributed by atoms with Crippen molar-refractivity contribution in [1.29, 1.82) is 0 Å². The van der Waals surface area contributed by atoms with Gasteiger partial charge in [-0.25, -0.2) is 10.8 Å². The van der Waals surface area contributed by atoms with Crippen LogP contribution in [0.25, 0.3) is 0 Å². The van der Waals surface area contributed by atoms with E-state index in [0.717, 1.165) is 6.42 Å². The monoisotopic (exact) mass is 322 g/mol. The third-order valence-corrected chi connectivity index (χ3v) is 3.18. The molecule has 1 aromatic heterocycles. The molecule has 0 radical (unpaired) electrons. The van der Waals surface area contributed by atoms with Crippen molar-refractivity contribution in [2.45, 2.75) is 25.3 Å². The Kier molecular flexibility index (Phi) is 6.76. The van der Waals surface area contributed by atoms with Crippen LogP contribution >= 0.6 is 11.8 Å². The number of alkyl halides is 3. The molecule has 0 spiro atoms. The van der Waals surface area contributed by atoms with Crippen LogP contribution in [-0.4, -0.2) is 28.7 Å². The average Bonchev–Trinajstić information content (AvgIpc) is 2.42. The lowest BCUT2D eigenvalue weighted by molar-refractivity contribution is -0.0327. The van der Waals surface area contributed by atoms with Crippen molar-refractivity contribution in [1.82, 2.24) is 10.3 Å². The molecule has 0 bridgehead atoms. The van der Waals surface area contributed by atoms with Crippen molar-refractivity contribution in [3.05, 3.63) is 23.4 Å². The number of anilines is 1. The number of rotatable bonds is 7. The molecule has 0 unspecified atom stereocenters. The van der Waals surface area contributed by atoms with Crippen LogP contribution < -0.4 is 16.6 Å². The number of nitrogens with two attached hydrogens (primary N) is 1. The largest absolute Gasteiger partial charge is 0.441 e. The molecule has 4 N–H and O–H groups in total. The number of hydrogen-bond acceptors (Lipinski definition) is 5. The van der Waals surface area contributed by atoms with Gasteiger partial charge in [0.2, 0.25) is 0 Å². The van der Waals surface area contributed by atoms with Gasteiger partial charge in [-0.2, -0.15) is 13.2 Å². The third-order valence-electron chi connectivity index (χ3n) is 2.45. The number of hydrogen-bond donors (Lipinski definition) is 3. The summed E-state index contributed by atoms with van der Waals surface area (Å²) in [6.45, 7) is 1.90. The van der Waals surface area contributed by atoms with E-state index in [2.05, 4.69) is 15.7 Å². The number of carbonyl (C=O) groups is 1. The number of pyridine rings is 1. The highest BCUT2D eigenvalue weighted by atomic mass is 32.2. The minimum atomic E-state index is -4.29. The second-order valence-corrected chi connectivity index (χ2v) is 5.34. The molecule has 1 aromatic rings. The Bertz CT molecular complexity index is 482. The lowest BCUT2D eigenvalue weighted by Crippen LogP contribution is -2.27. The Morgan fingerprint density at radius 2 is 2.14 bits per heavy atom. The molecule has 1 heterocycles. The molecule has 1 amide bonds. The van der Waals surface area contributed by atoms with Crippen molar-refractivity contribution >= 4 is 23.5 Å². The van der Waals surface area contributed by atoms with Crippen LogP contribution in [0.15, 0.2) is 12.1 Å². The first-order valence-electron chi connectivity index (χ1n) is 6.32. The maximum atomic E-state index is 12.0. The van der Waals surface area contributed by atoms with Gasteiger partial charge in [-0.05, 0) is 30.3 Å². The first-order valence-corrected chi connectivity index (χ1v) is 7.30. The number of nitrogens with one attached hydrogen (secondary N) is 2. The average molecular weight is 322 g/mol. The van der Waals surface area contributed by atoms with Crippen molar-refractivity contribution in [3.8, 4) is 0 Å². The summed E-state index contributed by atoms with van der Waals surface area (Å²) >= 11 is -0.170. The van der Waals surface area contributed by atoms with Gasteiger partial charge < -0.3 is 10.7 Å². The normalized spacial score (nSPS) is 11.3. The van der Waals surface area contributed by atoms with E-state index in [1.807, 2.05) is 6.92 Å². The molecular formula is C12H17F3N4OS. The van der Waals surface area contributed by atoms with Crippen LogP contribution in [0.4, 0.5) is 19.0 Å². The van der Waals surface area contributed by atoms with E-state index in [-0.39, 0.29) is 24.1 Å². The summed E-state index contributed by atoms with van der Waals surface area (Å²) in [4.78, 5) is 16.1. The topological polar surface area (TPSA) is 80.0 Å². The molecule has 21 heavy (non-hydrogen) atoms. The number of amides is 1. The number of halogens is 3. The summed E-state index contributed by atoms with van der Waals surface area (Å²) in [5, 5.41) is 2.44. The molecule has 0 atom stereocenters. The van der Waals surface area contributed by atoms with Gasteiger partial charge in [0.1, 0.15) is 5.82 Å². The number of aromatic nitrogens is 1. The van der Waals surface area contributed by atoms with E-state index in [0.29, 0.717) is 23.5 Å². The number of carbonyl (C=O) groups excluding carboxylic acids is 1. The summed E-state index contributed by atoms with van der Waals surface area (Å²) in [6.07, 6.45) is 1.53. The van der Waals surface area contributed by atoms with Crippen molar-refractivity contribution in [2.24, 2.45) is 5.84 Å². The van der Waals surface area contributed by atoms with E-state index < -0.39 is 11.4 Å². The lowest BCUT2D eigenvalue weighted by atomic mass is 10.1. The fourth-order valence-corrected chi connectivity index (χ4v) is 2.05. The zero-order valence-electron chi connectivity index (χ0n) is 11.5. The van der Waals surface area contributed by atoms with Gasteiger partial charge in [0.05, 0.1) is 0 Å². The molecule has 0 saturated carbocycles. The SMILES string of the molecule is CCCc1cc(C(=O)NCCSC(F)(F)F)cc(NN)n1. The molecule has 1 rings (SSSR count). The van der Waals surface area contributed by atoms with Gasteiger partial charge in [-0.15, -0.1) is 0 Å². The zero-order chi connectivity index (χ0) is 15.9. The van der Waals surface area contributed by atoms with Crippen LogP contribution in [-0.2, 0) is 6.42 Å². The Hall–Kier alpha value is -1.48. The summed E-state index contributed by atoms with van der Waals surface area (Å²) in [6, 6.07) is 3.06. The molecule has 118 valence electrons. The first kappa shape index (κ1) is 17.6. The Morgan fingerprint density at radius 1 is 1.43 bits per heavy atom. The van der Waals surface area contributed by atoms with Crippen molar-refractivity contribution in [3.63, 3.8) is 0 Å². The van der Waals surface area contributed by atoms with Crippen LogP contribution in [0.5, 0.6) is 0 Å². The fraction of sp³-hybridized carbons (Fsp3) is 0.500. The van der Waals surface area contributed by atoms with E-state index in [9.17, 15) is 18.0 Å². The molecule has 0 aromatic carbocycles. The van der Waals surface area contributed by atoms with E-state index in [1.54, 1.807) is 6.07 Å². The molecular weight excluding hydrogens is 305 g/mol. The van der Waals surface area contributed by atoms with E-state index >= 15 is 0 Å². The van der Waals surface area contributed by atoms with Gasteiger partial charge >= 0.3 is 5.51 Å². The summed E-state index contributed by atoms with van der Waals surface area (Å²) in [5.74, 6) is 4.94. The minimum Gasteiger partial charge on any atom is -0.351 e. The number of nitrogen functional groups attached to an aromatic ring is 1. The highest BCUT2D eigenvalue weighted by molar-refractivity contribution is 8.00. The van der Waals surface area contributed by atoms with Crippen LogP contribution in [0.3, 0.4) is 0 Å².